The molecule has 5 heteroatoms. The Kier molecular flexibility index (Phi) is 53.0. The van der Waals surface area contributed by atoms with Crippen LogP contribution in [0.25, 0.3) is 0 Å². The van der Waals surface area contributed by atoms with Crippen LogP contribution in [-0.2, 0) is 23.8 Å². The number of carbonyl (C=O) groups is 2. The van der Waals surface area contributed by atoms with Crippen molar-refractivity contribution in [3.05, 3.63) is 109 Å². The van der Waals surface area contributed by atoms with Crippen LogP contribution < -0.4 is 0 Å². The molecule has 0 aromatic carbocycles. The van der Waals surface area contributed by atoms with Gasteiger partial charge in [-0.25, -0.2) is 0 Å². The lowest BCUT2D eigenvalue weighted by atomic mass is 10.0. The van der Waals surface area contributed by atoms with E-state index in [2.05, 4.69) is 124 Å². The standard InChI is InChI=1S/C61H102O5/c1-4-7-10-13-16-19-22-25-28-30-31-32-34-36-39-42-45-48-51-54-60(62)65-58-59(57-64-56-53-50-47-44-41-38-35-29-26-23-20-17-14-11-8-5-2)66-61(63)55-52-49-46-43-40-37-33-27-24-21-18-15-12-9-6-3/h7,9-10,12,16,18-19,21,25,27-28,31-33,36,39,45,48,59H,4-6,8,11,13-15,17,20,22-24,26,29-30,34-35,37-38,40-44,46-47,49-58H2,1-3H3/b10-7-,12-9-,19-16-,21-18-,28-25-,32-31-,33-27-,39-36-,48-45-. The summed E-state index contributed by atoms with van der Waals surface area (Å²) >= 11 is 0. The summed E-state index contributed by atoms with van der Waals surface area (Å²) < 4.78 is 17.4. The molecule has 1 atom stereocenters. The molecule has 0 spiro atoms. The summed E-state index contributed by atoms with van der Waals surface area (Å²) in [5, 5.41) is 0. The predicted octanol–water partition coefficient (Wildman–Crippen LogP) is 18.8. The Morgan fingerprint density at radius 2 is 0.712 bits per heavy atom. The quantitative estimate of drug-likeness (QED) is 0.0346. The van der Waals surface area contributed by atoms with Gasteiger partial charge in [0.05, 0.1) is 6.61 Å². The molecule has 0 aliphatic carbocycles. The predicted molar refractivity (Wildman–Crippen MR) is 288 cm³/mol. The lowest BCUT2D eigenvalue weighted by Crippen LogP contribution is -2.30. The first-order valence-corrected chi connectivity index (χ1v) is 27.4. The molecule has 0 bridgehead atoms. The van der Waals surface area contributed by atoms with Crippen molar-refractivity contribution in [1.82, 2.24) is 0 Å². The maximum Gasteiger partial charge on any atom is 0.306 e. The van der Waals surface area contributed by atoms with Crippen molar-refractivity contribution in [2.24, 2.45) is 0 Å². The van der Waals surface area contributed by atoms with Crippen LogP contribution in [0.15, 0.2) is 109 Å². The van der Waals surface area contributed by atoms with Crippen LogP contribution in [-0.4, -0.2) is 37.9 Å². The Hall–Kier alpha value is -3.44. The first-order chi connectivity index (χ1) is 32.6. The van der Waals surface area contributed by atoms with Gasteiger partial charge in [0.1, 0.15) is 6.61 Å². The van der Waals surface area contributed by atoms with Crippen molar-refractivity contribution >= 4 is 11.9 Å². The van der Waals surface area contributed by atoms with Gasteiger partial charge in [-0.3, -0.25) is 9.59 Å². The number of carbonyl (C=O) groups excluding carboxylic acids is 2. The first-order valence-electron chi connectivity index (χ1n) is 27.4. The summed E-state index contributed by atoms with van der Waals surface area (Å²) in [7, 11) is 0. The van der Waals surface area contributed by atoms with Crippen LogP contribution in [0.3, 0.4) is 0 Å². The molecule has 0 saturated heterocycles. The summed E-state index contributed by atoms with van der Waals surface area (Å²) in [4.78, 5) is 25.4. The Morgan fingerprint density at radius 1 is 0.348 bits per heavy atom. The zero-order chi connectivity index (χ0) is 47.7. The van der Waals surface area contributed by atoms with Gasteiger partial charge in [-0.15, -0.1) is 0 Å². The zero-order valence-corrected chi connectivity index (χ0v) is 43.2. The van der Waals surface area contributed by atoms with E-state index in [1.165, 1.54) is 103 Å². The van der Waals surface area contributed by atoms with E-state index >= 15 is 0 Å². The third kappa shape index (κ3) is 53.2. The summed E-state index contributed by atoms with van der Waals surface area (Å²) in [5.74, 6) is -0.513. The van der Waals surface area contributed by atoms with Gasteiger partial charge in [-0.1, -0.05) is 246 Å². The number of allylic oxidation sites excluding steroid dienone is 18. The summed E-state index contributed by atoms with van der Waals surface area (Å²) in [6.07, 6.45) is 76.9. The monoisotopic (exact) mass is 915 g/mol. The molecule has 376 valence electrons. The van der Waals surface area contributed by atoms with Gasteiger partial charge in [-0.05, 0) is 89.9 Å². The zero-order valence-electron chi connectivity index (χ0n) is 43.2. The molecule has 0 aliphatic heterocycles. The third-order valence-corrected chi connectivity index (χ3v) is 11.3. The van der Waals surface area contributed by atoms with Gasteiger partial charge < -0.3 is 14.2 Å². The minimum Gasteiger partial charge on any atom is -0.462 e. The molecule has 0 fully saturated rings. The van der Waals surface area contributed by atoms with Crippen LogP contribution in [0, 0.1) is 0 Å². The third-order valence-electron chi connectivity index (χ3n) is 11.3. The fourth-order valence-electron chi connectivity index (χ4n) is 7.32. The minimum absolute atomic E-state index is 0.0342. The van der Waals surface area contributed by atoms with Gasteiger partial charge in [0.25, 0.3) is 0 Å². The van der Waals surface area contributed by atoms with Crippen molar-refractivity contribution in [2.45, 2.75) is 245 Å². The number of unbranched alkanes of at least 4 members (excludes halogenated alkanes) is 20. The molecule has 0 aromatic heterocycles. The summed E-state index contributed by atoms with van der Waals surface area (Å²) in [6.45, 7) is 7.52. The van der Waals surface area contributed by atoms with E-state index in [4.69, 9.17) is 14.2 Å². The Balaban J connectivity index is 4.42. The number of ether oxygens (including phenoxy) is 3. The molecule has 0 aliphatic rings. The molecule has 0 saturated carbocycles. The van der Waals surface area contributed by atoms with E-state index in [0.29, 0.717) is 25.9 Å². The smallest absolute Gasteiger partial charge is 0.306 e. The van der Waals surface area contributed by atoms with Gasteiger partial charge in [-0.2, -0.15) is 0 Å². The largest absolute Gasteiger partial charge is 0.462 e. The molecule has 0 amide bonds. The normalized spacial score (nSPS) is 13.1. The lowest BCUT2D eigenvalue weighted by Gasteiger charge is -2.18. The van der Waals surface area contributed by atoms with Crippen molar-refractivity contribution in [3.8, 4) is 0 Å². The second kappa shape index (κ2) is 55.9. The molecular formula is C61H102O5. The van der Waals surface area contributed by atoms with Gasteiger partial charge in [0, 0.05) is 19.4 Å². The number of esters is 2. The molecule has 0 heterocycles. The highest BCUT2D eigenvalue weighted by Crippen LogP contribution is 2.15. The van der Waals surface area contributed by atoms with E-state index in [9.17, 15) is 9.59 Å². The maximum absolute atomic E-state index is 12.8. The number of hydrogen-bond acceptors (Lipinski definition) is 5. The second-order valence-electron chi connectivity index (χ2n) is 17.7. The average molecular weight is 915 g/mol. The highest BCUT2D eigenvalue weighted by atomic mass is 16.6. The van der Waals surface area contributed by atoms with Gasteiger partial charge in [0.15, 0.2) is 6.10 Å². The SMILES string of the molecule is CC/C=C\C/C=C\C/C=C\C/C=C\C/C=C\C/C=C\CCC(=O)OCC(COCCCCCCCCCCCCCCCCCC)OC(=O)CCCCCCC/C=C\C/C=C\C/C=C\CC. The van der Waals surface area contributed by atoms with Crippen LogP contribution in [0.5, 0.6) is 0 Å². The second-order valence-corrected chi connectivity index (χ2v) is 17.7. The maximum atomic E-state index is 12.8. The minimum atomic E-state index is -0.581. The van der Waals surface area contributed by atoms with Gasteiger partial charge in [0.2, 0.25) is 0 Å². The molecular weight excluding hydrogens is 813 g/mol. The van der Waals surface area contributed by atoms with Crippen molar-refractivity contribution in [1.29, 1.82) is 0 Å². The topological polar surface area (TPSA) is 61.8 Å². The van der Waals surface area contributed by atoms with E-state index in [0.717, 1.165) is 96.3 Å². The van der Waals surface area contributed by atoms with E-state index < -0.39 is 6.10 Å². The van der Waals surface area contributed by atoms with Crippen molar-refractivity contribution < 1.29 is 23.8 Å². The van der Waals surface area contributed by atoms with Crippen molar-refractivity contribution in [3.63, 3.8) is 0 Å². The molecule has 0 aromatic rings. The first kappa shape index (κ1) is 62.6. The van der Waals surface area contributed by atoms with E-state index in [1.807, 2.05) is 6.08 Å². The van der Waals surface area contributed by atoms with Gasteiger partial charge >= 0.3 is 11.9 Å². The highest BCUT2D eigenvalue weighted by Gasteiger charge is 2.17. The van der Waals surface area contributed by atoms with Crippen LogP contribution in [0.2, 0.25) is 0 Å². The fourth-order valence-corrected chi connectivity index (χ4v) is 7.32. The van der Waals surface area contributed by atoms with Crippen LogP contribution in [0.1, 0.15) is 239 Å². The van der Waals surface area contributed by atoms with E-state index in [-0.39, 0.29) is 25.2 Å². The Labute approximate surface area is 408 Å². The van der Waals surface area contributed by atoms with Crippen LogP contribution in [0.4, 0.5) is 0 Å². The van der Waals surface area contributed by atoms with Crippen molar-refractivity contribution in [2.75, 3.05) is 19.8 Å². The molecule has 1 unspecified atom stereocenters. The fraction of sp³-hybridized carbons (Fsp3) is 0.672. The summed E-state index contributed by atoms with van der Waals surface area (Å²) in [6, 6.07) is 0. The Morgan fingerprint density at radius 3 is 1.15 bits per heavy atom. The van der Waals surface area contributed by atoms with E-state index in [1.54, 1.807) is 0 Å². The number of rotatable bonds is 49. The average Bonchev–Trinajstić information content (AvgIpc) is 3.32. The highest BCUT2D eigenvalue weighted by molar-refractivity contribution is 5.70. The molecule has 0 radical (unpaired) electrons. The molecule has 5 nitrogen and oxygen atoms in total. The molecule has 0 rings (SSSR count). The molecule has 0 N–H and O–H groups in total. The number of hydrogen-bond donors (Lipinski definition) is 0. The lowest BCUT2D eigenvalue weighted by molar-refractivity contribution is -0.162. The van der Waals surface area contributed by atoms with Crippen LogP contribution >= 0.6 is 0 Å². The Bertz CT molecular complexity index is 1310. The molecule has 66 heavy (non-hydrogen) atoms. The summed E-state index contributed by atoms with van der Waals surface area (Å²) in [5.41, 5.74) is 0.